The molecule has 19 heavy (non-hydrogen) atoms. The van der Waals surface area contributed by atoms with E-state index in [1.165, 1.54) is 0 Å². The average molecular weight is 281 g/mol. The number of nitrogens with one attached hydrogen (secondary N) is 2. The minimum atomic E-state index is -0.302. The summed E-state index contributed by atoms with van der Waals surface area (Å²) >= 11 is 6.17. The van der Waals surface area contributed by atoms with Crippen molar-refractivity contribution in [3.63, 3.8) is 0 Å². The van der Waals surface area contributed by atoms with Crippen molar-refractivity contribution < 1.29 is 4.79 Å². The van der Waals surface area contributed by atoms with Gasteiger partial charge in [-0.1, -0.05) is 30.7 Å². The molecule has 0 saturated carbocycles. The molecule has 0 bridgehead atoms. The second kappa shape index (κ2) is 5.93. The first-order valence-electron chi connectivity index (χ1n) is 6.86. The van der Waals surface area contributed by atoms with Crippen molar-refractivity contribution in [1.29, 1.82) is 0 Å². The highest BCUT2D eigenvalue weighted by Crippen LogP contribution is 2.33. The van der Waals surface area contributed by atoms with E-state index in [9.17, 15) is 4.79 Å². The Kier molecular flexibility index (Phi) is 4.48. The Hall–Kier alpha value is -1.06. The highest BCUT2D eigenvalue weighted by molar-refractivity contribution is 6.34. The van der Waals surface area contributed by atoms with Gasteiger partial charge in [0.1, 0.15) is 0 Å². The summed E-state index contributed by atoms with van der Waals surface area (Å²) in [6.45, 7) is 5.78. The smallest absolute Gasteiger partial charge is 0.231 e. The van der Waals surface area contributed by atoms with Crippen LogP contribution in [-0.2, 0) is 4.79 Å². The van der Waals surface area contributed by atoms with E-state index in [-0.39, 0.29) is 11.3 Å². The number of para-hydroxylation sites is 1. The molecule has 1 aromatic rings. The zero-order valence-corrected chi connectivity index (χ0v) is 12.3. The quantitative estimate of drug-likeness (QED) is 0.891. The number of anilines is 1. The predicted molar refractivity (Wildman–Crippen MR) is 79.6 cm³/mol. The number of carbonyl (C=O) groups is 1. The molecule has 104 valence electrons. The number of hydrogen-bond acceptors (Lipinski definition) is 2. The molecule has 1 atom stereocenters. The van der Waals surface area contributed by atoms with E-state index >= 15 is 0 Å². The molecule has 1 fully saturated rings. The summed E-state index contributed by atoms with van der Waals surface area (Å²) in [6.07, 6.45) is 2.82. The first-order chi connectivity index (χ1) is 9.09. The maximum absolute atomic E-state index is 12.6. The van der Waals surface area contributed by atoms with E-state index < -0.39 is 0 Å². The van der Waals surface area contributed by atoms with E-state index in [1.807, 2.05) is 25.1 Å². The van der Waals surface area contributed by atoms with Crippen LogP contribution < -0.4 is 10.6 Å². The van der Waals surface area contributed by atoms with Crippen molar-refractivity contribution in [2.24, 2.45) is 5.41 Å². The Bertz CT molecular complexity index is 447. The number of benzene rings is 1. The molecule has 1 heterocycles. The summed E-state index contributed by atoms with van der Waals surface area (Å²) in [5, 5.41) is 6.96. The lowest BCUT2D eigenvalue weighted by molar-refractivity contribution is -0.126. The van der Waals surface area contributed by atoms with Crippen LogP contribution in [0.15, 0.2) is 18.2 Å². The molecule has 1 amide bonds. The topological polar surface area (TPSA) is 41.1 Å². The van der Waals surface area contributed by atoms with E-state index in [1.54, 1.807) is 0 Å². The van der Waals surface area contributed by atoms with Gasteiger partial charge in [0.25, 0.3) is 0 Å². The fourth-order valence-corrected chi connectivity index (χ4v) is 2.93. The van der Waals surface area contributed by atoms with Gasteiger partial charge < -0.3 is 10.6 Å². The zero-order valence-electron chi connectivity index (χ0n) is 11.6. The monoisotopic (exact) mass is 280 g/mol. The number of amides is 1. The second-order valence-corrected chi connectivity index (χ2v) is 5.71. The fourth-order valence-electron chi connectivity index (χ4n) is 2.66. The van der Waals surface area contributed by atoms with Crippen LogP contribution in [0.1, 0.15) is 31.7 Å². The van der Waals surface area contributed by atoms with E-state index in [2.05, 4.69) is 17.6 Å². The van der Waals surface area contributed by atoms with Crippen LogP contribution in [-0.4, -0.2) is 19.0 Å². The first-order valence-corrected chi connectivity index (χ1v) is 7.24. The van der Waals surface area contributed by atoms with Crippen molar-refractivity contribution in [3.8, 4) is 0 Å². The molecule has 0 aromatic heterocycles. The third-order valence-electron chi connectivity index (χ3n) is 4.09. The van der Waals surface area contributed by atoms with Crippen LogP contribution in [0.5, 0.6) is 0 Å². The summed E-state index contributed by atoms with van der Waals surface area (Å²) in [6, 6.07) is 5.66. The molecular weight excluding hydrogens is 260 g/mol. The number of rotatable bonds is 3. The molecule has 1 unspecified atom stereocenters. The van der Waals surface area contributed by atoms with Crippen LogP contribution in [0.25, 0.3) is 0 Å². The molecule has 0 aliphatic carbocycles. The maximum Gasteiger partial charge on any atom is 0.231 e. The van der Waals surface area contributed by atoms with E-state index in [0.717, 1.165) is 43.6 Å². The summed E-state index contributed by atoms with van der Waals surface area (Å²) in [5.74, 6) is 0.0819. The molecule has 2 N–H and O–H groups in total. The van der Waals surface area contributed by atoms with Gasteiger partial charge >= 0.3 is 0 Å². The summed E-state index contributed by atoms with van der Waals surface area (Å²) in [5.41, 5.74) is 1.44. The largest absolute Gasteiger partial charge is 0.324 e. The van der Waals surface area contributed by atoms with Crippen molar-refractivity contribution >= 4 is 23.2 Å². The van der Waals surface area contributed by atoms with Crippen LogP contribution in [0, 0.1) is 12.3 Å². The molecule has 1 aromatic carbocycles. The van der Waals surface area contributed by atoms with Gasteiger partial charge in [-0.3, -0.25) is 4.79 Å². The van der Waals surface area contributed by atoms with E-state index in [4.69, 9.17) is 11.6 Å². The standard InChI is InChI=1S/C15H21ClN2O/c1-3-15(8-5-9-17-10-15)14(19)18-13-11(2)6-4-7-12(13)16/h4,6-7,17H,3,5,8-10H2,1-2H3,(H,18,19). The molecule has 0 radical (unpaired) electrons. The number of piperidine rings is 1. The molecule has 1 aliphatic rings. The minimum Gasteiger partial charge on any atom is -0.324 e. The Labute approximate surface area is 119 Å². The number of halogens is 1. The Morgan fingerprint density at radius 3 is 2.89 bits per heavy atom. The molecule has 1 saturated heterocycles. The fraction of sp³-hybridized carbons (Fsp3) is 0.533. The van der Waals surface area contributed by atoms with Gasteiger partial charge in [0.2, 0.25) is 5.91 Å². The predicted octanol–water partition coefficient (Wildman–Crippen LogP) is 3.37. The highest BCUT2D eigenvalue weighted by Gasteiger charge is 2.38. The molecule has 1 aliphatic heterocycles. The first kappa shape index (κ1) is 14.4. The molecule has 3 nitrogen and oxygen atoms in total. The average Bonchev–Trinajstić information content (AvgIpc) is 2.43. The van der Waals surface area contributed by atoms with Crippen LogP contribution in [0.4, 0.5) is 5.69 Å². The SMILES string of the molecule is CCC1(C(=O)Nc2c(C)cccc2Cl)CCCNC1. The van der Waals surface area contributed by atoms with Crippen LogP contribution in [0.2, 0.25) is 5.02 Å². The van der Waals surface area contributed by atoms with Gasteiger partial charge in [0.05, 0.1) is 16.1 Å². The summed E-state index contributed by atoms with van der Waals surface area (Å²) < 4.78 is 0. The second-order valence-electron chi connectivity index (χ2n) is 5.30. The number of aryl methyl sites for hydroxylation is 1. The van der Waals surface area contributed by atoms with Gasteiger partial charge in [0.15, 0.2) is 0 Å². The number of carbonyl (C=O) groups excluding carboxylic acids is 1. The minimum absolute atomic E-state index is 0.0819. The normalized spacial score (nSPS) is 23.1. The number of hydrogen-bond donors (Lipinski definition) is 2. The van der Waals surface area contributed by atoms with Crippen molar-refractivity contribution in [3.05, 3.63) is 28.8 Å². The maximum atomic E-state index is 12.6. The summed E-state index contributed by atoms with van der Waals surface area (Å²) in [7, 11) is 0. The van der Waals surface area contributed by atoms with Gasteiger partial charge in [-0.05, 0) is 44.4 Å². The lowest BCUT2D eigenvalue weighted by Gasteiger charge is -2.35. The van der Waals surface area contributed by atoms with Gasteiger partial charge in [-0.2, -0.15) is 0 Å². The summed E-state index contributed by atoms with van der Waals surface area (Å²) in [4.78, 5) is 12.6. The van der Waals surface area contributed by atoms with Crippen LogP contribution in [0.3, 0.4) is 0 Å². The Morgan fingerprint density at radius 2 is 2.32 bits per heavy atom. The van der Waals surface area contributed by atoms with Crippen molar-refractivity contribution in [2.75, 3.05) is 18.4 Å². The van der Waals surface area contributed by atoms with Crippen LogP contribution >= 0.6 is 11.6 Å². The zero-order chi connectivity index (χ0) is 13.9. The molecule has 0 spiro atoms. The van der Waals surface area contributed by atoms with Crippen molar-refractivity contribution in [1.82, 2.24) is 5.32 Å². The lowest BCUT2D eigenvalue weighted by Crippen LogP contribution is -2.47. The van der Waals surface area contributed by atoms with E-state index in [0.29, 0.717) is 5.02 Å². The van der Waals surface area contributed by atoms with Gasteiger partial charge in [-0.15, -0.1) is 0 Å². The Morgan fingerprint density at radius 1 is 1.53 bits per heavy atom. The highest BCUT2D eigenvalue weighted by atomic mass is 35.5. The molecule has 2 rings (SSSR count). The third-order valence-corrected chi connectivity index (χ3v) is 4.41. The van der Waals surface area contributed by atoms with Gasteiger partial charge in [0, 0.05) is 6.54 Å². The van der Waals surface area contributed by atoms with Gasteiger partial charge in [-0.25, -0.2) is 0 Å². The third kappa shape index (κ3) is 2.93. The lowest BCUT2D eigenvalue weighted by atomic mass is 9.77. The Balaban J connectivity index is 2.20. The van der Waals surface area contributed by atoms with Crippen molar-refractivity contribution in [2.45, 2.75) is 33.1 Å². The molecule has 4 heteroatoms. The molecular formula is C15H21ClN2O.